The second-order valence-electron chi connectivity index (χ2n) is 3.54. The predicted octanol–water partition coefficient (Wildman–Crippen LogP) is 1.48. The predicted molar refractivity (Wildman–Crippen MR) is 45.7 cm³/mol. The monoisotopic (exact) mass is 164 g/mol. The zero-order chi connectivity index (χ0) is 8.72. The topological polar surface area (TPSA) is 26.3 Å². The Morgan fingerprint density at radius 3 is 3.08 bits per heavy atom. The summed E-state index contributed by atoms with van der Waals surface area (Å²) in [7, 11) is 0. The van der Waals surface area contributed by atoms with Crippen molar-refractivity contribution in [3.63, 3.8) is 0 Å². The fourth-order valence-electron chi connectivity index (χ4n) is 1.85. The number of carbonyl (C=O) groups is 1. The summed E-state index contributed by atoms with van der Waals surface area (Å²) in [6, 6.07) is 0. The van der Waals surface area contributed by atoms with Gasteiger partial charge < -0.3 is 4.74 Å². The van der Waals surface area contributed by atoms with Gasteiger partial charge in [0.25, 0.3) is 0 Å². The van der Waals surface area contributed by atoms with E-state index in [4.69, 9.17) is 4.74 Å². The third-order valence-corrected chi connectivity index (χ3v) is 2.59. The van der Waals surface area contributed by atoms with Crippen LogP contribution in [0.4, 0.5) is 0 Å². The third kappa shape index (κ3) is 1.03. The lowest BCUT2D eigenvalue weighted by Gasteiger charge is -2.15. The SMILES string of the molecule is C=C(C)C1CC2OC1C=CC2=O. The maximum Gasteiger partial charge on any atom is 0.184 e. The summed E-state index contributed by atoms with van der Waals surface area (Å²) in [6.45, 7) is 5.89. The number of carbonyl (C=O) groups excluding carboxylic acids is 1. The Hall–Kier alpha value is -0.890. The number of rotatable bonds is 1. The lowest BCUT2D eigenvalue weighted by molar-refractivity contribution is -0.125. The molecule has 0 saturated carbocycles. The normalized spacial score (nSPS) is 38.8. The first-order valence-corrected chi connectivity index (χ1v) is 4.21. The Labute approximate surface area is 71.9 Å². The molecule has 2 heterocycles. The molecule has 0 aromatic carbocycles. The van der Waals surface area contributed by atoms with Gasteiger partial charge >= 0.3 is 0 Å². The number of hydrogen-bond donors (Lipinski definition) is 0. The maximum atomic E-state index is 11.2. The fraction of sp³-hybridized carbons (Fsp3) is 0.500. The van der Waals surface area contributed by atoms with E-state index < -0.39 is 0 Å². The van der Waals surface area contributed by atoms with Crippen LogP contribution >= 0.6 is 0 Å². The first-order chi connectivity index (χ1) is 5.68. The third-order valence-electron chi connectivity index (χ3n) is 2.59. The Balaban J connectivity index is 2.23. The molecule has 2 aliphatic rings. The molecule has 3 atom stereocenters. The summed E-state index contributed by atoms with van der Waals surface area (Å²) in [4.78, 5) is 11.2. The summed E-state index contributed by atoms with van der Waals surface area (Å²) in [5, 5.41) is 0. The summed E-state index contributed by atoms with van der Waals surface area (Å²) in [5.41, 5.74) is 1.11. The summed E-state index contributed by atoms with van der Waals surface area (Å²) >= 11 is 0. The molecule has 0 N–H and O–H groups in total. The van der Waals surface area contributed by atoms with Gasteiger partial charge in [-0.25, -0.2) is 0 Å². The van der Waals surface area contributed by atoms with Crippen LogP contribution in [-0.2, 0) is 9.53 Å². The Morgan fingerprint density at radius 2 is 2.50 bits per heavy atom. The van der Waals surface area contributed by atoms with Gasteiger partial charge in [-0.3, -0.25) is 4.79 Å². The zero-order valence-electron chi connectivity index (χ0n) is 7.12. The van der Waals surface area contributed by atoms with Crippen molar-refractivity contribution in [2.75, 3.05) is 0 Å². The van der Waals surface area contributed by atoms with Crippen molar-refractivity contribution in [1.82, 2.24) is 0 Å². The van der Waals surface area contributed by atoms with Gasteiger partial charge in [-0.1, -0.05) is 18.2 Å². The molecular formula is C10H12O2. The number of hydrogen-bond acceptors (Lipinski definition) is 2. The lowest BCUT2D eigenvalue weighted by Crippen LogP contribution is -2.23. The molecular weight excluding hydrogens is 152 g/mol. The Bertz CT molecular complexity index is 265. The van der Waals surface area contributed by atoms with Gasteiger partial charge in [0, 0.05) is 5.92 Å². The van der Waals surface area contributed by atoms with Gasteiger partial charge in [0.1, 0.15) is 6.10 Å². The van der Waals surface area contributed by atoms with Crippen molar-refractivity contribution in [3.8, 4) is 0 Å². The van der Waals surface area contributed by atoms with Crippen LogP contribution in [0.5, 0.6) is 0 Å². The summed E-state index contributed by atoms with van der Waals surface area (Å²) in [5.74, 6) is 0.452. The van der Waals surface area contributed by atoms with E-state index in [-0.39, 0.29) is 18.0 Å². The van der Waals surface area contributed by atoms with Crippen molar-refractivity contribution in [2.45, 2.75) is 25.6 Å². The minimum Gasteiger partial charge on any atom is -0.362 e. The summed E-state index contributed by atoms with van der Waals surface area (Å²) < 4.78 is 5.49. The van der Waals surface area contributed by atoms with Gasteiger partial charge in [-0.15, -0.1) is 0 Å². The second kappa shape index (κ2) is 2.56. The molecule has 0 spiro atoms. The van der Waals surface area contributed by atoms with Crippen LogP contribution in [0.15, 0.2) is 24.3 Å². The van der Waals surface area contributed by atoms with Crippen LogP contribution in [0.2, 0.25) is 0 Å². The van der Waals surface area contributed by atoms with Gasteiger partial charge in [-0.2, -0.15) is 0 Å². The number of ether oxygens (including phenoxy) is 1. The maximum absolute atomic E-state index is 11.2. The van der Waals surface area contributed by atoms with Gasteiger partial charge in [-0.05, 0) is 19.4 Å². The van der Waals surface area contributed by atoms with Gasteiger partial charge in [0.2, 0.25) is 0 Å². The lowest BCUT2D eigenvalue weighted by atomic mass is 9.94. The highest BCUT2D eigenvalue weighted by Crippen LogP contribution is 2.35. The van der Waals surface area contributed by atoms with Crippen molar-refractivity contribution in [1.29, 1.82) is 0 Å². The molecule has 0 radical (unpaired) electrons. The molecule has 0 amide bonds. The molecule has 0 aliphatic carbocycles. The Kier molecular flexibility index (Phi) is 1.65. The van der Waals surface area contributed by atoms with Crippen LogP contribution < -0.4 is 0 Å². The molecule has 2 bridgehead atoms. The average Bonchev–Trinajstić information content (AvgIpc) is 2.37. The van der Waals surface area contributed by atoms with E-state index >= 15 is 0 Å². The quantitative estimate of drug-likeness (QED) is 0.549. The van der Waals surface area contributed by atoms with Crippen LogP contribution in [0, 0.1) is 5.92 Å². The Morgan fingerprint density at radius 1 is 1.75 bits per heavy atom. The molecule has 1 fully saturated rings. The van der Waals surface area contributed by atoms with E-state index in [0.717, 1.165) is 12.0 Å². The number of ketones is 1. The molecule has 3 unspecified atom stereocenters. The fourth-order valence-corrected chi connectivity index (χ4v) is 1.85. The molecule has 2 rings (SSSR count). The first kappa shape index (κ1) is 7.74. The van der Waals surface area contributed by atoms with E-state index in [0.29, 0.717) is 5.92 Å². The first-order valence-electron chi connectivity index (χ1n) is 4.21. The highest BCUT2D eigenvalue weighted by molar-refractivity contribution is 5.94. The number of fused-ring (bicyclic) bond motifs is 2. The molecule has 64 valence electrons. The minimum absolute atomic E-state index is 0.102. The molecule has 0 aromatic heterocycles. The van der Waals surface area contributed by atoms with Crippen LogP contribution in [0.3, 0.4) is 0 Å². The van der Waals surface area contributed by atoms with E-state index in [1.807, 2.05) is 13.0 Å². The smallest absolute Gasteiger partial charge is 0.184 e. The van der Waals surface area contributed by atoms with E-state index in [9.17, 15) is 4.79 Å². The van der Waals surface area contributed by atoms with E-state index in [1.54, 1.807) is 6.08 Å². The van der Waals surface area contributed by atoms with E-state index in [1.165, 1.54) is 0 Å². The van der Waals surface area contributed by atoms with Crippen LogP contribution in [0.1, 0.15) is 13.3 Å². The molecule has 2 aliphatic heterocycles. The zero-order valence-corrected chi connectivity index (χ0v) is 7.12. The van der Waals surface area contributed by atoms with Crippen molar-refractivity contribution >= 4 is 5.78 Å². The van der Waals surface area contributed by atoms with Gasteiger partial charge in [0.15, 0.2) is 5.78 Å². The van der Waals surface area contributed by atoms with Crippen molar-refractivity contribution in [2.24, 2.45) is 5.92 Å². The minimum atomic E-state index is -0.193. The highest BCUT2D eigenvalue weighted by atomic mass is 16.5. The highest BCUT2D eigenvalue weighted by Gasteiger charge is 2.39. The van der Waals surface area contributed by atoms with Crippen LogP contribution in [0.25, 0.3) is 0 Å². The molecule has 2 heteroatoms. The summed E-state index contributed by atoms with van der Waals surface area (Å²) in [6.07, 6.45) is 4.21. The largest absolute Gasteiger partial charge is 0.362 e. The van der Waals surface area contributed by atoms with Gasteiger partial charge in [0.05, 0.1) is 6.10 Å². The second-order valence-corrected chi connectivity index (χ2v) is 3.54. The van der Waals surface area contributed by atoms with Crippen molar-refractivity contribution < 1.29 is 9.53 Å². The van der Waals surface area contributed by atoms with Crippen LogP contribution in [-0.4, -0.2) is 18.0 Å². The van der Waals surface area contributed by atoms with Crippen molar-refractivity contribution in [3.05, 3.63) is 24.3 Å². The standard InChI is InChI=1S/C10H12O2/c1-6(2)7-5-10-8(11)3-4-9(7)12-10/h3-4,7,9-10H,1,5H2,2H3. The molecule has 12 heavy (non-hydrogen) atoms. The van der Waals surface area contributed by atoms with E-state index in [2.05, 4.69) is 6.58 Å². The molecule has 0 aromatic rings. The molecule has 2 nitrogen and oxygen atoms in total. The molecule has 1 saturated heterocycles. The average molecular weight is 164 g/mol.